The van der Waals surface area contributed by atoms with Gasteiger partial charge in [-0.15, -0.1) is 0 Å². The Morgan fingerprint density at radius 3 is 1.80 bits per heavy atom. The number of rotatable bonds is 6. The van der Waals surface area contributed by atoms with E-state index in [2.05, 4.69) is 20.8 Å². The van der Waals surface area contributed by atoms with Crippen molar-refractivity contribution in [2.75, 3.05) is 0 Å². The summed E-state index contributed by atoms with van der Waals surface area (Å²) in [5.74, 6) is -0.740. The Bertz CT molecular complexity index is 641. The molecule has 0 aliphatic carbocycles. The molecule has 2 aromatic carbocycles. The maximum atomic E-state index is 14.3. The normalized spacial score (nSPS) is 13.3. The average Bonchev–Trinajstić information content (AvgIpc) is 2.60. The lowest BCUT2D eigenvalue weighted by Crippen LogP contribution is -2.67. The fourth-order valence-corrected chi connectivity index (χ4v) is 7.60. The standard InChI is InChI=1S/C21H27FO2Si/c1-5-12-19(22)20(23)24-25(21(2,3)4,17-13-8-6-9-14-17)18-15-10-7-11-16-18/h6-11,13-16,19H,5,12H2,1-4H3. The van der Waals surface area contributed by atoms with Gasteiger partial charge in [0.05, 0.1) is 0 Å². The Labute approximate surface area is 151 Å². The molecule has 1 atom stereocenters. The first-order valence-corrected chi connectivity index (χ1v) is 10.7. The van der Waals surface area contributed by atoms with Crippen molar-refractivity contribution in [2.24, 2.45) is 0 Å². The van der Waals surface area contributed by atoms with Crippen molar-refractivity contribution in [3.05, 3.63) is 60.7 Å². The fourth-order valence-electron chi connectivity index (χ4n) is 3.24. The van der Waals surface area contributed by atoms with Crippen LogP contribution in [0.4, 0.5) is 4.39 Å². The second-order valence-electron chi connectivity index (χ2n) is 7.34. The van der Waals surface area contributed by atoms with Crippen LogP contribution < -0.4 is 10.4 Å². The van der Waals surface area contributed by atoms with Gasteiger partial charge in [0, 0.05) is 0 Å². The molecule has 0 radical (unpaired) electrons. The van der Waals surface area contributed by atoms with Gasteiger partial charge in [-0.3, -0.25) is 4.79 Å². The molecule has 0 aromatic heterocycles. The quantitative estimate of drug-likeness (QED) is 0.723. The van der Waals surface area contributed by atoms with Crippen LogP contribution in [0.1, 0.15) is 40.5 Å². The van der Waals surface area contributed by atoms with E-state index in [1.165, 1.54) is 0 Å². The Balaban J connectivity index is 2.63. The monoisotopic (exact) mass is 358 g/mol. The van der Waals surface area contributed by atoms with Crippen LogP contribution in [0, 0.1) is 0 Å². The van der Waals surface area contributed by atoms with Crippen LogP contribution in [0.3, 0.4) is 0 Å². The average molecular weight is 359 g/mol. The van der Waals surface area contributed by atoms with E-state index in [0.29, 0.717) is 6.42 Å². The summed E-state index contributed by atoms with van der Waals surface area (Å²) in [5.41, 5.74) is 0. The number of alkyl halides is 1. The highest BCUT2D eigenvalue weighted by Crippen LogP contribution is 2.37. The fraction of sp³-hybridized carbons (Fsp3) is 0.381. The van der Waals surface area contributed by atoms with Gasteiger partial charge in [-0.1, -0.05) is 94.8 Å². The van der Waals surface area contributed by atoms with Crippen LogP contribution in [0.25, 0.3) is 0 Å². The molecule has 1 unspecified atom stereocenters. The zero-order valence-corrected chi connectivity index (χ0v) is 16.5. The summed E-state index contributed by atoms with van der Waals surface area (Å²) in [4.78, 5) is 12.6. The van der Waals surface area contributed by atoms with Gasteiger partial charge in [0.2, 0.25) is 0 Å². The van der Waals surface area contributed by atoms with E-state index >= 15 is 0 Å². The highest BCUT2D eigenvalue weighted by Gasteiger charge is 2.53. The lowest BCUT2D eigenvalue weighted by atomic mass is 10.2. The molecule has 4 heteroatoms. The third-order valence-corrected chi connectivity index (χ3v) is 9.38. The van der Waals surface area contributed by atoms with Crippen molar-refractivity contribution in [3.63, 3.8) is 0 Å². The molecule has 2 rings (SSSR count). The molecule has 0 saturated heterocycles. The third kappa shape index (κ3) is 4.01. The largest absolute Gasteiger partial charge is 0.507 e. The summed E-state index contributed by atoms with van der Waals surface area (Å²) in [6.45, 7) is 8.07. The first-order valence-electron chi connectivity index (χ1n) is 8.81. The van der Waals surface area contributed by atoms with E-state index in [1.54, 1.807) is 0 Å². The van der Waals surface area contributed by atoms with Gasteiger partial charge in [0.1, 0.15) is 0 Å². The van der Waals surface area contributed by atoms with Gasteiger partial charge < -0.3 is 4.43 Å². The van der Waals surface area contributed by atoms with Crippen LogP contribution in [-0.4, -0.2) is 20.5 Å². The second kappa shape index (κ2) is 7.96. The SMILES string of the molecule is CCCC(F)C(=O)O[Si](c1ccccc1)(c1ccccc1)C(C)(C)C. The second-order valence-corrected chi connectivity index (χ2v) is 11.6. The third-order valence-electron chi connectivity index (χ3n) is 4.47. The lowest BCUT2D eigenvalue weighted by molar-refractivity contribution is -0.141. The minimum absolute atomic E-state index is 0.192. The van der Waals surface area contributed by atoms with Gasteiger partial charge in [0.15, 0.2) is 6.17 Å². The maximum absolute atomic E-state index is 14.3. The molecule has 0 saturated carbocycles. The van der Waals surface area contributed by atoms with E-state index in [-0.39, 0.29) is 11.5 Å². The van der Waals surface area contributed by atoms with E-state index in [4.69, 9.17) is 4.43 Å². The summed E-state index contributed by atoms with van der Waals surface area (Å²) in [5, 5.41) is 1.62. The van der Waals surface area contributed by atoms with Gasteiger partial charge in [-0.2, -0.15) is 0 Å². The number of benzene rings is 2. The maximum Gasteiger partial charge on any atom is 0.327 e. The topological polar surface area (TPSA) is 26.3 Å². The molecule has 134 valence electrons. The molecule has 2 aromatic rings. The summed E-state index contributed by atoms with van der Waals surface area (Å²) in [6.07, 6.45) is -0.778. The molecule has 2 nitrogen and oxygen atoms in total. The van der Waals surface area contributed by atoms with Crippen LogP contribution >= 0.6 is 0 Å². The Morgan fingerprint density at radius 2 is 1.44 bits per heavy atom. The molecule has 25 heavy (non-hydrogen) atoms. The van der Waals surface area contributed by atoms with Crippen LogP contribution in [0.5, 0.6) is 0 Å². The highest BCUT2D eigenvalue weighted by atomic mass is 28.4. The van der Waals surface area contributed by atoms with Crippen LogP contribution in [-0.2, 0) is 9.22 Å². The molecular weight excluding hydrogens is 331 g/mol. The predicted molar refractivity (Wildman–Crippen MR) is 104 cm³/mol. The molecular formula is C21H27FO2Si. The lowest BCUT2D eigenvalue weighted by Gasteiger charge is -2.42. The first-order chi connectivity index (χ1) is 11.8. The van der Waals surface area contributed by atoms with Gasteiger partial charge >= 0.3 is 14.3 Å². The Morgan fingerprint density at radius 1 is 1.00 bits per heavy atom. The van der Waals surface area contributed by atoms with Crippen molar-refractivity contribution in [3.8, 4) is 0 Å². The van der Waals surface area contributed by atoms with Gasteiger partial charge in [-0.25, -0.2) is 4.39 Å². The van der Waals surface area contributed by atoms with Gasteiger partial charge in [-0.05, 0) is 21.8 Å². The van der Waals surface area contributed by atoms with Crippen LogP contribution in [0.2, 0.25) is 5.04 Å². The molecule has 0 aliphatic rings. The van der Waals surface area contributed by atoms with E-state index in [0.717, 1.165) is 10.4 Å². The van der Waals surface area contributed by atoms with E-state index in [1.807, 2.05) is 67.6 Å². The number of carbonyl (C=O) groups is 1. The van der Waals surface area contributed by atoms with Gasteiger partial charge in [0.25, 0.3) is 0 Å². The molecule has 0 bridgehead atoms. The molecule has 0 N–H and O–H groups in total. The summed E-state index contributed by atoms with van der Waals surface area (Å²) in [6, 6.07) is 19.6. The zero-order chi connectivity index (χ0) is 18.5. The molecule has 0 spiro atoms. The molecule has 0 amide bonds. The first kappa shape index (κ1) is 19.4. The molecule has 0 aliphatic heterocycles. The van der Waals surface area contributed by atoms with E-state index in [9.17, 15) is 9.18 Å². The minimum atomic E-state index is -2.99. The molecule has 0 heterocycles. The Hall–Kier alpha value is -1.94. The predicted octanol–water partition coefficient (Wildman–Crippen LogP) is 4.23. The van der Waals surface area contributed by atoms with Crippen molar-refractivity contribution < 1.29 is 13.6 Å². The number of halogens is 1. The van der Waals surface area contributed by atoms with E-state index < -0.39 is 20.5 Å². The number of carbonyl (C=O) groups excluding carboxylic acids is 1. The Kier molecular flexibility index (Phi) is 6.17. The summed E-state index contributed by atoms with van der Waals surface area (Å²) < 4.78 is 20.4. The summed E-state index contributed by atoms with van der Waals surface area (Å²) >= 11 is 0. The zero-order valence-electron chi connectivity index (χ0n) is 15.5. The minimum Gasteiger partial charge on any atom is -0.507 e. The number of hydrogen-bond acceptors (Lipinski definition) is 2. The summed E-state index contributed by atoms with van der Waals surface area (Å²) in [7, 11) is -2.99. The highest BCUT2D eigenvalue weighted by molar-refractivity contribution is 7.00. The van der Waals surface area contributed by atoms with Crippen molar-refractivity contribution in [1.82, 2.24) is 0 Å². The molecule has 0 fully saturated rings. The van der Waals surface area contributed by atoms with Crippen molar-refractivity contribution >= 4 is 24.7 Å². The smallest absolute Gasteiger partial charge is 0.327 e. The van der Waals surface area contributed by atoms with Crippen LogP contribution in [0.15, 0.2) is 60.7 Å². The van der Waals surface area contributed by atoms with Crippen molar-refractivity contribution in [2.45, 2.75) is 51.7 Å². The van der Waals surface area contributed by atoms with Crippen molar-refractivity contribution in [1.29, 1.82) is 0 Å². The number of hydrogen-bond donors (Lipinski definition) is 0.